The second-order valence-electron chi connectivity index (χ2n) is 5.41. The third-order valence-corrected chi connectivity index (χ3v) is 6.35. The van der Waals surface area contributed by atoms with E-state index >= 15 is 0 Å². The topological polar surface area (TPSA) is 77.7 Å². The Morgan fingerprint density at radius 3 is 2.60 bits per heavy atom. The van der Waals surface area contributed by atoms with Crippen LogP contribution in [0, 0.1) is 6.92 Å². The molecule has 3 aromatic rings. The zero-order valence-corrected chi connectivity index (χ0v) is 15.1. The molecule has 25 heavy (non-hydrogen) atoms. The van der Waals surface area contributed by atoms with E-state index in [4.69, 9.17) is 0 Å². The molecule has 0 aliphatic carbocycles. The first-order valence-electron chi connectivity index (χ1n) is 7.15. The van der Waals surface area contributed by atoms with Crippen molar-refractivity contribution in [2.45, 2.75) is 25.0 Å². The van der Waals surface area contributed by atoms with Gasteiger partial charge in [0.15, 0.2) is 20.6 Å². The van der Waals surface area contributed by atoms with Gasteiger partial charge in [-0.2, -0.15) is 18.3 Å². The Hall–Kier alpha value is -2.01. The lowest BCUT2D eigenvalue weighted by Gasteiger charge is -2.06. The maximum Gasteiger partial charge on any atom is 0.435 e. The smallest absolute Gasteiger partial charge is 0.256 e. The second kappa shape index (κ2) is 5.77. The molecule has 0 bridgehead atoms. The Morgan fingerprint density at radius 2 is 2.00 bits per heavy atom. The minimum atomic E-state index is -4.81. The summed E-state index contributed by atoms with van der Waals surface area (Å²) in [4.78, 5) is 8.74. The summed E-state index contributed by atoms with van der Waals surface area (Å²) in [6, 6.07) is 1.68. The van der Waals surface area contributed by atoms with Crippen LogP contribution in [0.5, 0.6) is 0 Å². The van der Waals surface area contributed by atoms with E-state index in [1.54, 1.807) is 19.2 Å². The Labute approximate surface area is 145 Å². The van der Waals surface area contributed by atoms with Crippen molar-refractivity contribution in [2.75, 3.05) is 5.75 Å². The van der Waals surface area contributed by atoms with E-state index in [1.165, 1.54) is 14.0 Å². The van der Waals surface area contributed by atoms with Gasteiger partial charge in [0.25, 0.3) is 0 Å². The maximum atomic E-state index is 13.4. The van der Waals surface area contributed by atoms with Crippen molar-refractivity contribution in [3.63, 3.8) is 0 Å². The van der Waals surface area contributed by atoms with Gasteiger partial charge in [-0.1, -0.05) is 18.3 Å². The van der Waals surface area contributed by atoms with Crippen LogP contribution in [0.3, 0.4) is 0 Å². The molecule has 0 aliphatic heterocycles. The van der Waals surface area contributed by atoms with Gasteiger partial charge in [0, 0.05) is 13.2 Å². The molecule has 11 heteroatoms. The molecule has 6 nitrogen and oxygen atoms in total. The van der Waals surface area contributed by atoms with E-state index in [1.807, 2.05) is 0 Å². The highest BCUT2D eigenvalue weighted by Crippen LogP contribution is 2.42. The fraction of sp³-hybridized carbons (Fsp3) is 0.357. The van der Waals surface area contributed by atoms with Gasteiger partial charge in [0.2, 0.25) is 0 Å². The first-order valence-corrected chi connectivity index (χ1v) is 9.62. The third kappa shape index (κ3) is 3.01. The monoisotopic (exact) mass is 390 g/mol. The van der Waals surface area contributed by atoms with Crippen molar-refractivity contribution < 1.29 is 21.6 Å². The quantitative estimate of drug-likeness (QED) is 0.686. The number of pyridine rings is 1. The SMILES string of the molecule is CCS(=O)(=O)c1c(-c2nc3cc(C)cnc3s2)c(C(F)(F)F)nn1C. The number of thiazole rings is 1. The number of fused-ring (bicyclic) bond motifs is 1. The fourth-order valence-corrected chi connectivity index (χ4v) is 4.65. The van der Waals surface area contributed by atoms with Crippen molar-refractivity contribution >= 4 is 31.5 Å². The van der Waals surface area contributed by atoms with E-state index < -0.39 is 32.3 Å². The number of halogens is 3. The molecule has 0 radical (unpaired) electrons. The van der Waals surface area contributed by atoms with Crippen LogP contribution in [0.25, 0.3) is 20.9 Å². The minimum absolute atomic E-state index is 0.0689. The highest BCUT2D eigenvalue weighted by molar-refractivity contribution is 7.91. The van der Waals surface area contributed by atoms with Gasteiger partial charge in [-0.05, 0) is 18.6 Å². The minimum Gasteiger partial charge on any atom is -0.256 e. The van der Waals surface area contributed by atoms with Crippen molar-refractivity contribution in [1.29, 1.82) is 0 Å². The van der Waals surface area contributed by atoms with Crippen LogP contribution in [-0.2, 0) is 23.1 Å². The second-order valence-corrected chi connectivity index (χ2v) is 8.58. The van der Waals surface area contributed by atoms with Gasteiger partial charge < -0.3 is 0 Å². The van der Waals surface area contributed by atoms with Crippen LogP contribution < -0.4 is 0 Å². The number of alkyl halides is 3. The summed E-state index contributed by atoms with van der Waals surface area (Å²) in [7, 11) is -2.77. The number of rotatable bonds is 3. The molecular weight excluding hydrogens is 377 g/mol. The van der Waals surface area contributed by atoms with Crippen LogP contribution in [0.2, 0.25) is 0 Å². The Bertz CT molecular complexity index is 1070. The molecule has 3 rings (SSSR count). The molecule has 0 amide bonds. The van der Waals surface area contributed by atoms with Crippen LogP contribution in [0.1, 0.15) is 18.2 Å². The summed E-state index contributed by atoms with van der Waals surface area (Å²) in [6.45, 7) is 3.15. The van der Waals surface area contributed by atoms with E-state index in [0.29, 0.717) is 10.3 Å². The van der Waals surface area contributed by atoms with Crippen LogP contribution in [0.4, 0.5) is 13.2 Å². The van der Waals surface area contributed by atoms with Crippen molar-refractivity contribution in [2.24, 2.45) is 7.05 Å². The maximum absolute atomic E-state index is 13.4. The summed E-state index contributed by atoms with van der Waals surface area (Å²) in [5, 5.41) is 2.86. The molecule has 0 atom stereocenters. The lowest BCUT2D eigenvalue weighted by molar-refractivity contribution is -0.140. The van der Waals surface area contributed by atoms with Crippen molar-refractivity contribution in [3.8, 4) is 10.6 Å². The molecule has 0 saturated heterocycles. The molecule has 3 heterocycles. The standard InChI is InChI=1S/C14H13F3N4O2S2/c1-4-25(22,23)13-9(10(14(15,16)17)20-21(13)3)12-19-8-5-7(2)6-18-11(8)24-12/h5-6H,4H2,1-3H3. The van der Waals surface area contributed by atoms with Gasteiger partial charge >= 0.3 is 6.18 Å². The predicted octanol–water partition coefficient (Wildman–Crippen LogP) is 3.21. The van der Waals surface area contributed by atoms with E-state index in [0.717, 1.165) is 21.6 Å². The summed E-state index contributed by atoms with van der Waals surface area (Å²) < 4.78 is 65.8. The Morgan fingerprint density at radius 1 is 1.32 bits per heavy atom. The van der Waals surface area contributed by atoms with Gasteiger partial charge in [-0.3, -0.25) is 4.68 Å². The average molecular weight is 390 g/mol. The number of hydrogen-bond donors (Lipinski definition) is 0. The van der Waals surface area contributed by atoms with Crippen molar-refractivity contribution in [3.05, 3.63) is 23.5 Å². The van der Waals surface area contributed by atoms with E-state index in [-0.39, 0.29) is 10.8 Å². The molecule has 0 unspecified atom stereocenters. The first-order chi connectivity index (χ1) is 11.5. The van der Waals surface area contributed by atoms with Gasteiger partial charge in [-0.25, -0.2) is 18.4 Å². The molecule has 134 valence electrons. The van der Waals surface area contributed by atoms with Crippen LogP contribution in [-0.4, -0.2) is 33.9 Å². The zero-order valence-electron chi connectivity index (χ0n) is 13.4. The highest BCUT2D eigenvalue weighted by atomic mass is 32.2. The summed E-state index contributed by atoms with van der Waals surface area (Å²) in [5.41, 5.74) is -0.569. The lowest BCUT2D eigenvalue weighted by atomic mass is 10.2. The summed E-state index contributed by atoms with van der Waals surface area (Å²) >= 11 is 0.903. The number of aromatic nitrogens is 4. The molecule has 0 saturated carbocycles. The summed E-state index contributed by atoms with van der Waals surface area (Å²) in [6.07, 6.45) is -3.24. The molecule has 0 aliphatic rings. The molecule has 0 N–H and O–H groups in total. The number of nitrogens with zero attached hydrogens (tertiary/aromatic N) is 4. The zero-order chi connectivity index (χ0) is 18.6. The first kappa shape index (κ1) is 17.8. The summed E-state index contributed by atoms with van der Waals surface area (Å²) in [5.74, 6) is -0.348. The van der Waals surface area contributed by atoms with Gasteiger partial charge in [0.1, 0.15) is 15.4 Å². The average Bonchev–Trinajstić information content (AvgIpc) is 3.07. The molecule has 0 fully saturated rings. The fourth-order valence-electron chi connectivity index (χ4n) is 2.42. The molecular formula is C14H13F3N4O2S2. The Balaban J connectivity index is 2.39. The molecule has 3 aromatic heterocycles. The molecule has 0 spiro atoms. The lowest BCUT2D eigenvalue weighted by Crippen LogP contribution is -2.11. The third-order valence-electron chi connectivity index (χ3n) is 3.54. The van der Waals surface area contributed by atoms with E-state index in [9.17, 15) is 21.6 Å². The number of aryl methyl sites for hydroxylation is 2. The van der Waals surface area contributed by atoms with Gasteiger partial charge in [0.05, 0.1) is 11.3 Å². The highest BCUT2D eigenvalue weighted by Gasteiger charge is 2.42. The van der Waals surface area contributed by atoms with Crippen LogP contribution in [0.15, 0.2) is 17.3 Å². The van der Waals surface area contributed by atoms with Gasteiger partial charge in [-0.15, -0.1) is 0 Å². The largest absolute Gasteiger partial charge is 0.435 e. The van der Waals surface area contributed by atoms with Crippen LogP contribution >= 0.6 is 11.3 Å². The molecule has 0 aromatic carbocycles. The predicted molar refractivity (Wildman–Crippen MR) is 87.1 cm³/mol. The van der Waals surface area contributed by atoms with E-state index in [2.05, 4.69) is 15.1 Å². The normalized spacial score (nSPS) is 12.9. The number of sulfone groups is 1. The Kier molecular flexibility index (Phi) is 4.11. The van der Waals surface area contributed by atoms with Crippen molar-refractivity contribution in [1.82, 2.24) is 19.7 Å². The number of hydrogen-bond acceptors (Lipinski definition) is 6.